The van der Waals surface area contributed by atoms with Crippen LogP contribution in [0.1, 0.15) is 16.1 Å². The van der Waals surface area contributed by atoms with E-state index in [1.165, 1.54) is 10.9 Å². The molecule has 2 amide bonds. The van der Waals surface area contributed by atoms with Gasteiger partial charge in [0.25, 0.3) is 5.91 Å². The minimum Gasteiger partial charge on any atom is -0.338 e. The van der Waals surface area contributed by atoms with Gasteiger partial charge in [-0.15, -0.1) is 5.10 Å². The van der Waals surface area contributed by atoms with E-state index in [2.05, 4.69) is 20.9 Å². The number of para-hydroxylation sites is 1. The first-order valence-corrected chi connectivity index (χ1v) is 6.97. The van der Waals surface area contributed by atoms with E-state index in [0.29, 0.717) is 19.5 Å². The van der Waals surface area contributed by atoms with Gasteiger partial charge in [0.05, 0.1) is 12.7 Å². The van der Waals surface area contributed by atoms with Crippen LogP contribution < -0.4 is 16.4 Å². The Bertz CT molecular complexity index is 711. The summed E-state index contributed by atoms with van der Waals surface area (Å²) >= 11 is 0. The van der Waals surface area contributed by atoms with Crippen LogP contribution in [0.5, 0.6) is 0 Å². The molecule has 0 radical (unpaired) electrons. The topological polar surface area (TPSA) is 115 Å². The van der Waals surface area contributed by atoms with Gasteiger partial charge in [0.1, 0.15) is 6.04 Å². The summed E-state index contributed by atoms with van der Waals surface area (Å²) in [6.45, 7) is 0.893. The second-order valence-electron chi connectivity index (χ2n) is 5.03. The molecule has 1 aliphatic heterocycles. The van der Waals surface area contributed by atoms with E-state index in [4.69, 9.17) is 5.73 Å². The van der Waals surface area contributed by atoms with E-state index in [0.717, 1.165) is 11.3 Å². The average Bonchev–Trinajstić information content (AvgIpc) is 2.97. The number of hydrogen-bond donors (Lipinski definition) is 3. The number of nitrogens with one attached hydrogen (secondary N) is 2. The SMILES string of the molecule is NCCn1cc(C(=O)N[C@H]2Cc3ccccc3NC2=O)nn1. The number of amides is 2. The number of fused-ring (bicyclic) bond motifs is 1. The Morgan fingerprint density at radius 2 is 2.27 bits per heavy atom. The van der Waals surface area contributed by atoms with Crippen molar-refractivity contribution in [2.45, 2.75) is 19.0 Å². The molecule has 0 bridgehead atoms. The largest absolute Gasteiger partial charge is 0.338 e. The second kappa shape index (κ2) is 5.94. The van der Waals surface area contributed by atoms with E-state index in [9.17, 15) is 9.59 Å². The first kappa shape index (κ1) is 14.2. The Balaban J connectivity index is 1.70. The minimum atomic E-state index is -0.623. The van der Waals surface area contributed by atoms with Gasteiger partial charge in [0.2, 0.25) is 5.91 Å². The van der Waals surface area contributed by atoms with Gasteiger partial charge in [-0.3, -0.25) is 14.3 Å². The van der Waals surface area contributed by atoms with Crippen molar-refractivity contribution in [3.63, 3.8) is 0 Å². The van der Waals surface area contributed by atoms with Gasteiger partial charge in [-0.25, -0.2) is 0 Å². The third kappa shape index (κ3) is 2.82. The highest BCUT2D eigenvalue weighted by atomic mass is 16.2. The maximum absolute atomic E-state index is 12.1. The smallest absolute Gasteiger partial charge is 0.274 e. The maximum Gasteiger partial charge on any atom is 0.274 e. The van der Waals surface area contributed by atoms with Crippen molar-refractivity contribution in [3.8, 4) is 0 Å². The summed E-state index contributed by atoms with van der Waals surface area (Å²) in [5, 5.41) is 13.0. The summed E-state index contributed by atoms with van der Waals surface area (Å²) in [6, 6.07) is 6.89. The molecule has 1 aromatic carbocycles. The molecule has 1 atom stereocenters. The van der Waals surface area contributed by atoms with Gasteiger partial charge in [-0.05, 0) is 11.6 Å². The number of anilines is 1. The molecule has 3 rings (SSSR count). The van der Waals surface area contributed by atoms with Crippen LogP contribution in [0.2, 0.25) is 0 Å². The van der Waals surface area contributed by atoms with Crippen LogP contribution in [0.15, 0.2) is 30.5 Å². The monoisotopic (exact) mass is 300 g/mol. The molecule has 2 heterocycles. The predicted molar refractivity (Wildman–Crippen MR) is 79.1 cm³/mol. The summed E-state index contributed by atoms with van der Waals surface area (Å²) in [7, 11) is 0. The molecule has 2 aromatic rings. The van der Waals surface area contributed by atoms with E-state index < -0.39 is 11.9 Å². The fourth-order valence-corrected chi connectivity index (χ4v) is 2.35. The molecule has 1 aliphatic rings. The van der Waals surface area contributed by atoms with Crippen LogP contribution in [0.25, 0.3) is 0 Å². The molecule has 0 spiro atoms. The average molecular weight is 300 g/mol. The molecule has 4 N–H and O–H groups in total. The van der Waals surface area contributed by atoms with E-state index in [1.54, 1.807) is 0 Å². The normalized spacial score (nSPS) is 16.8. The van der Waals surface area contributed by atoms with Gasteiger partial charge in [-0.2, -0.15) is 0 Å². The zero-order valence-electron chi connectivity index (χ0n) is 11.8. The van der Waals surface area contributed by atoms with E-state index >= 15 is 0 Å². The lowest BCUT2D eigenvalue weighted by molar-refractivity contribution is -0.118. The molecule has 0 saturated carbocycles. The van der Waals surface area contributed by atoms with Crippen LogP contribution in [-0.4, -0.2) is 39.4 Å². The number of hydrogen-bond acceptors (Lipinski definition) is 5. The number of carbonyl (C=O) groups excluding carboxylic acids is 2. The lowest BCUT2D eigenvalue weighted by atomic mass is 9.99. The van der Waals surface area contributed by atoms with Gasteiger partial charge >= 0.3 is 0 Å². The lowest BCUT2D eigenvalue weighted by Crippen LogP contribution is -2.47. The predicted octanol–water partition coefficient (Wildman–Crippen LogP) is -0.470. The molecule has 8 heteroatoms. The molecule has 1 aromatic heterocycles. The molecule has 22 heavy (non-hydrogen) atoms. The van der Waals surface area contributed by atoms with Crippen LogP contribution in [0.4, 0.5) is 5.69 Å². The van der Waals surface area contributed by atoms with Gasteiger partial charge < -0.3 is 16.4 Å². The molecule has 8 nitrogen and oxygen atoms in total. The van der Waals surface area contributed by atoms with Crippen LogP contribution in [0.3, 0.4) is 0 Å². The number of aromatic nitrogens is 3. The highest BCUT2D eigenvalue weighted by molar-refractivity contribution is 6.02. The zero-order valence-corrected chi connectivity index (χ0v) is 11.8. The molecule has 0 unspecified atom stereocenters. The van der Waals surface area contributed by atoms with Crippen molar-refractivity contribution in [1.29, 1.82) is 0 Å². The highest BCUT2D eigenvalue weighted by Gasteiger charge is 2.28. The fraction of sp³-hybridized carbons (Fsp3) is 0.286. The Hall–Kier alpha value is -2.74. The van der Waals surface area contributed by atoms with Crippen molar-refractivity contribution in [1.82, 2.24) is 20.3 Å². The molecular weight excluding hydrogens is 284 g/mol. The van der Waals surface area contributed by atoms with Crippen molar-refractivity contribution in [2.75, 3.05) is 11.9 Å². The zero-order chi connectivity index (χ0) is 15.5. The summed E-state index contributed by atoms with van der Waals surface area (Å²) in [6.07, 6.45) is 1.96. The van der Waals surface area contributed by atoms with Gasteiger partial charge in [0.15, 0.2) is 5.69 Å². The third-order valence-corrected chi connectivity index (χ3v) is 3.45. The van der Waals surface area contributed by atoms with Crippen molar-refractivity contribution >= 4 is 17.5 Å². The molecule has 114 valence electrons. The highest BCUT2D eigenvalue weighted by Crippen LogP contribution is 2.21. The van der Waals surface area contributed by atoms with E-state index in [-0.39, 0.29) is 11.6 Å². The first-order valence-electron chi connectivity index (χ1n) is 6.97. The third-order valence-electron chi connectivity index (χ3n) is 3.45. The van der Waals surface area contributed by atoms with E-state index in [1.807, 2.05) is 24.3 Å². The first-order chi connectivity index (χ1) is 10.7. The van der Waals surface area contributed by atoms with Crippen LogP contribution >= 0.6 is 0 Å². The number of benzene rings is 1. The lowest BCUT2D eigenvalue weighted by Gasteiger charge is -2.24. The molecule has 0 aliphatic carbocycles. The number of carbonyl (C=O) groups is 2. The standard InChI is InChI=1S/C14H16N6O2/c15-5-6-20-8-12(18-19-20)14(22)17-11-7-9-3-1-2-4-10(9)16-13(11)21/h1-4,8,11H,5-7,15H2,(H,16,21)(H,17,22)/t11-/m0/s1. The maximum atomic E-state index is 12.1. The van der Waals surface area contributed by atoms with Gasteiger partial charge in [0, 0.05) is 18.7 Å². The summed E-state index contributed by atoms with van der Waals surface area (Å²) in [5.41, 5.74) is 7.35. The fourth-order valence-electron chi connectivity index (χ4n) is 2.35. The quantitative estimate of drug-likeness (QED) is 0.706. The summed E-state index contributed by atoms with van der Waals surface area (Å²) in [5.74, 6) is -0.663. The van der Waals surface area contributed by atoms with Crippen LogP contribution in [-0.2, 0) is 17.8 Å². The molecule has 0 saturated heterocycles. The second-order valence-corrected chi connectivity index (χ2v) is 5.03. The van der Waals surface area contributed by atoms with Gasteiger partial charge in [-0.1, -0.05) is 23.4 Å². The van der Waals surface area contributed by atoms with Crippen molar-refractivity contribution in [2.24, 2.45) is 5.73 Å². The van der Waals surface area contributed by atoms with Crippen molar-refractivity contribution in [3.05, 3.63) is 41.7 Å². The number of rotatable bonds is 4. The minimum absolute atomic E-state index is 0.167. The number of nitrogens with zero attached hydrogens (tertiary/aromatic N) is 3. The Labute approximate surface area is 126 Å². The van der Waals surface area contributed by atoms with Crippen molar-refractivity contribution < 1.29 is 9.59 Å². The molecule has 0 fully saturated rings. The summed E-state index contributed by atoms with van der Waals surface area (Å²) in [4.78, 5) is 24.2. The van der Waals surface area contributed by atoms with Crippen LogP contribution in [0, 0.1) is 0 Å². The Morgan fingerprint density at radius 1 is 1.45 bits per heavy atom. The summed E-state index contributed by atoms with van der Waals surface area (Å²) < 4.78 is 1.49. The Morgan fingerprint density at radius 3 is 3.09 bits per heavy atom. The Kier molecular flexibility index (Phi) is 3.84. The molecular formula is C14H16N6O2. The number of nitrogens with two attached hydrogens (primary N) is 1.